The summed E-state index contributed by atoms with van der Waals surface area (Å²) in [5, 5.41) is 3.71. The minimum atomic E-state index is -0.662. The number of amides is 2. The third-order valence-corrected chi connectivity index (χ3v) is 5.83. The van der Waals surface area contributed by atoms with Crippen LogP contribution in [0.2, 0.25) is 5.02 Å². The minimum absolute atomic E-state index is 0.0911. The molecule has 5 nitrogen and oxygen atoms in total. The lowest BCUT2D eigenvalue weighted by Crippen LogP contribution is -2.54. The lowest BCUT2D eigenvalue weighted by Gasteiger charge is -2.34. The van der Waals surface area contributed by atoms with Gasteiger partial charge < -0.3 is 15.0 Å². The van der Waals surface area contributed by atoms with E-state index in [1.165, 1.54) is 0 Å². The molecule has 1 N–H and O–H groups in total. The standard InChI is InChI=1S/C30H35ClN2O3/c1-30(2,3)32-29(35)27(21-23-11-6-4-7-12-23)33(22-24-16-18-25(31)19-17-24)28(34)15-10-20-36-26-13-8-5-9-14-26/h4-9,11-14,16-19,27H,10,15,20-22H2,1-3H3,(H,32,35). The van der Waals surface area contributed by atoms with E-state index in [2.05, 4.69) is 5.32 Å². The van der Waals surface area contributed by atoms with Crippen molar-refractivity contribution in [3.05, 3.63) is 101 Å². The second kappa shape index (κ2) is 13.1. The Morgan fingerprint density at radius 2 is 1.50 bits per heavy atom. The number of rotatable bonds is 11. The lowest BCUT2D eigenvalue weighted by molar-refractivity contribution is -0.142. The van der Waals surface area contributed by atoms with Crippen LogP contribution in [-0.4, -0.2) is 34.9 Å². The first-order chi connectivity index (χ1) is 17.2. The average Bonchev–Trinajstić information content (AvgIpc) is 2.85. The maximum Gasteiger partial charge on any atom is 0.243 e. The number of ether oxygens (including phenoxy) is 1. The number of nitrogens with zero attached hydrogens (tertiary/aromatic N) is 1. The monoisotopic (exact) mass is 506 g/mol. The Balaban J connectivity index is 1.81. The van der Waals surface area contributed by atoms with Crippen LogP contribution in [0.25, 0.3) is 0 Å². The van der Waals surface area contributed by atoms with Crippen LogP contribution >= 0.6 is 11.6 Å². The molecule has 0 radical (unpaired) electrons. The van der Waals surface area contributed by atoms with Crippen molar-refractivity contribution < 1.29 is 14.3 Å². The Morgan fingerprint density at radius 1 is 0.889 bits per heavy atom. The van der Waals surface area contributed by atoms with Crippen molar-refractivity contribution in [2.24, 2.45) is 0 Å². The van der Waals surface area contributed by atoms with Gasteiger partial charge in [0.25, 0.3) is 0 Å². The summed E-state index contributed by atoms with van der Waals surface area (Å²) in [6.45, 7) is 6.55. The Kier molecular flexibility index (Phi) is 9.95. The molecule has 6 heteroatoms. The summed E-state index contributed by atoms with van der Waals surface area (Å²) in [5.74, 6) is 0.510. The summed E-state index contributed by atoms with van der Waals surface area (Å²) >= 11 is 6.08. The molecule has 0 fully saturated rings. The van der Waals surface area contributed by atoms with E-state index >= 15 is 0 Å². The van der Waals surface area contributed by atoms with Crippen LogP contribution in [0.15, 0.2) is 84.9 Å². The molecular weight excluding hydrogens is 472 g/mol. The maximum atomic E-state index is 13.6. The van der Waals surface area contributed by atoms with Crippen molar-refractivity contribution in [2.45, 2.75) is 58.2 Å². The van der Waals surface area contributed by atoms with E-state index in [4.69, 9.17) is 16.3 Å². The Labute approximate surface area is 219 Å². The first kappa shape index (κ1) is 27.3. The molecule has 0 saturated carbocycles. The summed E-state index contributed by atoms with van der Waals surface area (Å²) in [6, 6.07) is 26.1. The molecule has 0 heterocycles. The van der Waals surface area contributed by atoms with Crippen molar-refractivity contribution >= 4 is 23.4 Å². The Hall–Kier alpha value is -3.31. The molecule has 0 aromatic heterocycles. The van der Waals surface area contributed by atoms with Gasteiger partial charge in [0.05, 0.1) is 6.61 Å². The molecule has 0 aliphatic carbocycles. The zero-order valence-electron chi connectivity index (χ0n) is 21.2. The quantitative estimate of drug-likeness (QED) is 0.322. The van der Waals surface area contributed by atoms with Gasteiger partial charge in [-0.1, -0.05) is 72.3 Å². The second-order valence-corrected chi connectivity index (χ2v) is 10.3. The van der Waals surface area contributed by atoms with Gasteiger partial charge in [0.15, 0.2) is 0 Å². The van der Waals surface area contributed by atoms with E-state index in [9.17, 15) is 9.59 Å². The van der Waals surface area contributed by atoms with Crippen LogP contribution in [0.3, 0.4) is 0 Å². The smallest absolute Gasteiger partial charge is 0.243 e. The fraction of sp³-hybridized carbons (Fsp3) is 0.333. The van der Waals surface area contributed by atoms with Crippen LogP contribution in [0, 0.1) is 0 Å². The van der Waals surface area contributed by atoms with Crippen LogP contribution in [0.4, 0.5) is 0 Å². The third-order valence-electron chi connectivity index (χ3n) is 5.58. The minimum Gasteiger partial charge on any atom is -0.494 e. The van der Waals surface area contributed by atoms with Gasteiger partial charge in [-0.15, -0.1) is 0 Å². The highest BCUT2D eigenvalue weighted by Crippen LogP contribution is 2.19. The van der Waals surface area contributed by atoms with E-state index < -0.39 is 11.6 Å². The Bertz CT molecular complexity index is 1100. The van der Waals surface area contributed by atoms with Gasteiger partial charge in [0.1, 0.15) is 11.8 Å². The normalized spacial score (nSPS) is 12.0. The van der Waals surface area contributed by atoms with Crippen molar-refractivity contribution in [3.63, 3.8) is 0 Å². The topological polar surface area (TPSA) is 58.6 Å². The number of hydrogen-bond donors (Lipinski definition) is 1. The number of halogens is 1. The Morgan fingerprint density at radius 3 is 2.11 bits per heavy atom. The molecule has 0 saturated heterocycles. The maximum absolute atomic E-state index is 13.6. The van der Waals surface area contributed by atoms with Gasteiger partial charge in [-0.2, -0.15) is 0 Å². The molecule has 0 spiro atoms. The number of carbonyl (C=O) groups excluding carboxylic acids is 2. The largest absolute Gasteiger partial charge is 0.494 e. The average molecular weight is 507 g/mol. The highest BCUT2D eigenvalue weighted by atomic mass is 35.5. The highest BCUT2D eigenvalue weighted by Gasteiger charge is 2.32. The van der Waals surface area contributed by atoms with Crippen molar-refractivity contribution in [1.29, 1.82) is 0 Å². The highest BCUT2D eigenvalue weighted by molar-refractivity contribution is 6.30. The predicted molar refractivity (Wildman–Crippen MR) is 145 cm³/mol. The van der Waals surface area contributed by atoms with Gasteiger partial charge in [0, 0.05) is 29.9 Å². The fourth-order valence-electron chi connectivity index (χ4n) is 3.87. The first-order valence-corrected chi connectivity index (χ1v) is 12.7. The van der Waals surface area contributed by atoms with E-state index in [0.717, 1.165) is 16.9 Å². The number of para-hydroxylation sites is 1. The summed E-state index contributed by atoms with van der Waals surface area (Å²) in [4.78, 5) is 28.8. The van der Waals surface area contributed by atoms with E-state index in [0.29, 0.717) is 31.0 Å². The summed E-state index contributed by atoms with van der Waals surface area (Å²) in [6.07, 6.45) is 1.24. The molecule has 3 aromatic rings. The number of hydrogen-bond acceptors (Lipinski definition) is 3. The number of nitrogens with one attached hydrogen (secondary N) is 1. The summed E-state index contributed by atoms with van der Waals surface area (Å²) in [5.41, 5.74) is 1.48. The van der Waals surface area contributed by atoms with Crippen LogP contribution in [0.5, 0.6) is 5.75 Å². The van der Waals surface area contributed by atoms with Gasteiger partial charge >= 0.3 is 0 Å². The summed E-state index contributed by atoms with van der Waals surface area (Å²) in [7, 11) is 0. The molecule has 2 amide bonds. The van der Waals surface area contributed by atoms with Crippen molar-refractivity contribution in [2.75, 3.05) is 6.61 Å². The van der Waals surface area contributed by atoms with E-state index in [1.54, 1.807) is 17.0 Å². The van der Waals surface area contributed by atoms with Crippen molar-refractivity contribution in [1.82, 2.24) is 10.2 Å². The summed E-state index contributed by atoms with van der Waals surface area (Å²) < 4.78 is 5.77. The molecular formula is C30H35ClN2O3. The molecule has 1 atom stereocenters. The molecule has 3 aromatic carbocycles. The molecule has 190 valence electrons. The molecule has 36 heavy (non-hydrogen) atoms. The van der Waals surface area contributed by atoms with Crippen molar-refractivity contribution in [3.8, 4) is 5.75 Å². The van der Waals surface area contributed by atoms with Gasteiger partial charge in [-0.25, -0.2) is 0 Å². The van der Waals surface area contributed by atoms with Gasteiger partial charge in [-0.3, -0.25) is 9.59 Å². The molecule has 0 aliphatic rings. The van der Waals surface area contributed by atoms with Crippen LogP contribution in [-0.2, 0) is 22.6 Å². The number of carbonyl (C=O) groups is 2. The second-order valence-electron chi connectivity index (χ2n) is 9.86. The third kappa shape index (κ3) is 9.04. The molecule has 0 aliphatic heterocycles. The first-order valence-electron chi connectivity index (χ1n) is 12.3. The van der Waals surface area contributed by atoms with E-state index in [-0.39, 0.29) is 18.2 Å². The predicted octanol–water partition coefficient (Wildman–Crippen LogP) is 6.05. The molecule has 3 rings (SSSR count). The SMILES string of the molecule is CC(C)(C)NC(=O)C(Cc1ccccc1)N(Cc1ccc(Cl)cc1)C(=O)CCCOc1ccccc1. The zero-order chi connectivity index (χ0) is 26.0. The fourth-order valence-corrected chi connectivity index (χ4v) is 3.99. The van der Waals surface area contributed by atoms with Gasteiger partial charge in [-0.05, 0) is 62.6 Å². The van der Waals surface area contributed by atoms with Gasteiger partial charge in [0.2, 0.25) is 11.8 Å². The zero-order valence-corrected chi connectivity index (χ0v) is 22.0. The van der Waals surface area contributed by atoms with Crippen LogP contribution < -0.4 is 10.1 Å². The lowest BCUT2D eigenvalue weighted by atomic mass is 10.00. The number of benzene rings is 3. The molecule has 0 bridgehead atoms. The van der Waals surface area contributed by atoms with E-state index in [1.807, 2.05) is 93.6 Å². The molecule has 1 unspecified atom stereocenters. The van der Waals surface area contributed by atoms with Crippen LogP contribution in [0.1, 0.15) is 44.7 Å².